The summed E-state index contributed by atoms with van der Waals surface area (Å²) in [4.78, 5) is 18.2. The zero-order valence-corrected chi connectivity index (χ0v) is 12.5. The van der Waals surface area contributed by atoms with E-state index in [2.05, 4.69) is 20.9 Å². The molecular formula is C12H12BrN3O2S. The number of nitrogens with two attached hydrogens (primary N) is 1. The van der Waals surface area contributed by atoms with Gasteiger partial charge in [-0.3, -0.25) is 0 Å². The van der Waals surface area contributed by atoms with E-state index < -0.39 is 5.97 Å². The van der Waals surface area contributed by atoms with Gasteiger partial charge in [0.25, 0.3) is 0 Å². The standard InChI is InChI=1S/C12H12BrN3O2S/c1-16(5-8-4-7(13)6-19-8)11-10(14)9(12(17)18)2-3-15-11/h2-4,6H,5,14H2,1H3,(H,17,18). The minimum atomic E-state index is -1.05. The number of carboxylic acids is 1. The summed E-state index contributed by atoms with van der Waals surface area (Å²) in [7, 11) is 1.83. The number of thiophene rings is 1. The lowest BCUT2D eigenvalue weighted by Gasteiger charge is -2.19. The molecule has 100 valence electrons. The van der Waals surface area contributed by atoms with Gasteiger partial charge in [-0.1, -0.05) is 0 Å². The second-order valence-electron chi connectivity index (χ2n) is 3.99. The van der Waals surface area contributed by atoms with Gasteiger partial charge < -0.3 is 15.7 Å². The van der Waals surface area contributed by atoms with E-state index in [1.807, 2.05) is 23.4 Å². The number of rotatable bonds is 4. The van der Waals surface area contributed by atoms with Gasteiger partial charge in [0.2, 0.25) is 0 Å². The Morgan fingerprint density at radius 1 is 1.63 bits per heavy atom. The molecule has 7 heteroatoms. The molecule has 0 aliphatic heterocycles. The number of hydrogen-bond donors (Lipinski definition) is 2. The Morgan fingerprint density at radius 2 is 2.37 bits per heavy atom. The number of carbonyl (C=O) groups is 1. The van der Waals surface area contributed by atoms with Gasteiger partial charge >= 0.3 is 5.97 Å². The van der Waals surface area contributed by atoms with Gasteiger partial charge in [-0.2, -0.15) is 0 Å². The van der Waals surface area contributed by atoms with Gasteiger partial charge in [0.15, 0.2) is 5.82 Å². The van der Waals surface area contributed by atoms with Crippen molar-refractivity contribution in [3.63, 3.8) is 0 Å². The molecule has 0 radical (unpaired) electrons. The van der Waals surface area contributed by atoms with Crippen LogP contribution >= 0.6 is 27.3 Å². The fourth-order valence-corrected chi connectivity index (χ4v) is 3.20. The summed E-state index contributed by atoms with van der Waals surface area (Å²) in [6.45, 7) is 0.622. The van der Waals surface area contributed by atoms with Crippen molar-refractivity contribution < 1.29 is 9.90 Å². The molecule has 0 bridgehead atoms. The number of anilines is 2. The first kappa shape index (κ1) is 13.8. The fraction of sp³-hybridized carbons (Fsp3) is 0.167. The number of carboxylic acid groups (broad SMARTS) is 1. The maximum absolute atomic E-state index is 11.0. The summed E-state index contributed by atoms with van der Waals surface area (Å²) >= 11 is 5.01. The van der Waals surface area contributed by atoms with Crippen LogP contribution in [0.5, 0.6) is 0 Å². The van der Waals surface area contributed by atoms with Crippen molar-refractivity contribution in [1.82, 2.24) is 4.98 Å². The number of nitrogen functional groups attached to an aromatic ring is 1. The van der Waals surface area contributed by atoms with E-state index in [1.165, 1.54) is 12.3 Å². The molecule has 2 heterocycles. The lowest BCUT2D eigenvalue weighted by molar-refractivity contribution is 0.0698. The molecule has 3 N–H and O–H groups in total. The number of nitrogens with zero attached hydrogens (tertiary/aromatic N) is 2. The third-order valence-electron chi connectivity index (χ3n) is 2.58. The molecule has 0 spiro atoms. The van der Waals surface area contributed by atoms with Gasteiger partial charge in [-0.15, -0.1) is 11.3 Å². The third kappa shape index (κ3) is 3.05. The Labute approximate surface area is 122 Å². The second kappa shape index (κ2) is 5.58. The normalized spacial score (nSPS) is 10.4. The highest BCUT2D eigenvalue weighted by molar-refractivity contribution is 9.10. The predicted molar refractivity (Wildman–Crippen MR) is 79.7 cm³/mol. The van der Waals surface area contributed by atoms with Crippen LogP contribution in [0.15, 0.2) is 28.2 Å². The molecule has 0 unspecified atom stereocenters. The van der Waals surface area contributed by atoms with Crippen molar-refractivity contribution in [2.75, 3.05) is 17.7 Å². The molecule has 5 nitrogen and oxygen atoms in total. The zero-order valence-electron chi connectivity index (χ0n) is 10.1. The van der Waals surface area contributed by atoms with Gasteiger partial charge in [0, 0.05) is 28.0 Å². The first-order valence-corrected chi connectivity index (χ1v) is 7.08. The first-order valence-electron chi connectivity index (χ1n) is 5.41. The SMILES string of the molecule is CN(Cc1cc(Br)cs1)c1nccc(C(=O)O)c1N. The summed E-state index contributed by atoms with van der Waals surface area (Å²) in [5.74, 6) is -0.571. The van der Waals surface area contributed by atoms with Crippen LogP contribution in [0.1, 0.15) is 15.2 Å². The van der Waals surface area contributed by atoms with E-state index in [9.17, 15) is 4.79 Å². The van der Waals surface area contributed by atoms with Crippen molar-refractivity contribution >= 4 is 44.7 Å². The molecule has 2 rings (SSSR count). The molecule has 2 aromatic heterocycles. The van der Waals surface area contributed by atoms with Gasteiger partial charge in [0.05, 0.1) is 17.8 Å². The van der Waals surface area contributed by atoms with Crippen molar-refractivity contribution in [3.8, 4) is 0 Å². The van der Waals surface area contributed by atoms with Crippen LogP contribution in [0, 0.1) is 0 Å². The summed E-state index contributed by atoms with van der Waals surface area (Å²) in [5.41, 5.74) is 6.11. The van der Waals surface area contributed by atoms with Crippen LogP contribution < -0.4 is 10.6 Å². The summed E-state index contributed by atoms with van der Waals surface area (Å²) < 4.78 is 1.03. The zero-order chi connectivity index (χ0) is 14.0. The van der Waals surface area contributed by atoms with E-state index in [0.717, 1.165) is 9.35 Å². The molecule has 19 heavy (non-hydrogen) atoms. The van der Waals surface area contributed by atoms with E-state index in [-0.39, 0.29) is 11.3 Å². The Hall–Kier alpha value is -1.60. The Morgan fingerprint density at radius 3 is 2.95 bits per heavy atom. The van der Waals surface area contributed by atoms with Crippen LogP contribution in [-0.2, 0) is 6.54 Å². The smallest absolute Gasteiger partial charge is 0.337 e. The average molecular weight is 342 g/mol. The fourth-order valence-electron chi connectivity index (χ4n) is 1.70. The Balaban J connectivity index is 2.26. The van der Waals surface area contributed by atoms with Gasteiger partial charge in [-0.25, -0.2) is 9.78 Å². The molecule has 0 saturated heterocycles. The number of pyridine rings is 1. The molecule has 0 fully saturated rings. The van der Waals surface area contributed by atoms with Gasteiger partial charge in [0.1, 0.15) is 0 Å². The van der Waals surface area contributed by atoms with Crippen LogP contribution in [0.2, 0.25) is 0 Å². The lowest BCUT2D eigenvalue weighted by atomic mass is 10.2. The van der Waals surface area contributed by atoms with Crippen molar-refractivity contribution in [3.05, 3.63) is 38.6 Å². The van der Waals surface area contributed by atoms with Crippen LogP contribution in [-0.4, -0.2) is 23.1 Å². The monoisotopic (exact) mass is 341 g/mol. The van der Waals surface area contributed by atoms with Crippen LogP contribution in [0.4, 0.5) is 11.5 Å². The highest BCUT2D eigenvalue weighted by Gasteiger charge is 2.15. The van der Waals surface area contributed by atoms with Gasteiger partial charge in [-0.05, 0) is 28.1 Å². The Bertz CT molecular complexity index is 615. The second-order valence-corrected chi connectivity index (χ2v) is 5.90. The molecular weight excluding hydrogens is 330 g/mol. The highest BCUT2D eigenvalue weighted by atomic mass is 79.9. The largest absolute Gasteiger partial charge is 0.478 e. The highest BCUT2D eigenvalue weighted by Crippen LogP contribution is 2.26. The van der Waals surface area contributed by atoms with E-state index in [4.69, 9.17) is 10.8 Å². The molecule has 0 atom stereocenters. The summed E-state index contributed by atoms with van der Waals surface area (Å²) in [6, 6.07) is 3.41. The quantitative estimate of drug-likeness (QED) is 0.893. The first-order chi connectivity index (χ1) is 8.99. The van der Waals surface area contributed by atoms with E-state index in [1.54, 1.807) is 11.3 Å². The van der Waals surface area contributed by atoms with E-state index in [0.29, 0.717) is 12.4 Å². The predicted octanol–water partition coefficient (Wildman–Crippen LogP) is 2.82. The maximum Gasteiger partial charge on any atom is 0.337 e. The third-order valence-corrected chi connectivity index (χ3v) is 4.26. The van der Waals surface area contributed by atoms with Crippen molar-refractivity contribution in [2.24, 2.45) is 0 Å². The van der Waals surface area contributed by atoms with E-state index >= 15 is 0 Å². The summed E-state index contributed by atoms with van der Waals surface area (Å²) in [6.07, 6.45) is 1.45. The Kier molecular flexibility index (Phi) is 4.06. The average Bonchev–Trinajstić information content (AvgIpc) is 2.74. The molecule has 2 aromatic rings. The van der Waals surface area contributed by atoms with Crippen LogP contribution in [0.3, 0.4) is 0 Å². The van der Waals surface area contributed by atoms with Crippen molar-refractivity contribution in [1.29, 1.82) is 0 Å². The maximum atomic E-state index is 11.0. The van der Waals surface area contributed by atoms with Crippen LogP contribution in [0.25, 0.3) is 0 Å². The molecule has 0 amide bonds. The summed E-state index contributed by atoms with van der Waals surface area (Å²) in [5, 5.41) is 11.0. The number of aromatic nitrogens is 1. The number of aromatic carboxylic acids is 1. The number of halogens is 1. The molecule has 0 aliphatic carbocycles. The number of hydrogen-bond acceptors (Lipinski definition) is 5. The molecule has 0 aliphatic rings. The molecule has 0 saturated carbocycles. The molecule has 0 aromatic carbocycles. The minimum absolute atomic E-state index is 0.0733. The lowest BCUT2D eigenvalue weighted by Crippen LogP contribution is -2.20. The minimum Gasteiger partial charge on any atom is -0.478 e. The van der Waals surface area contributed by atoms with Crippen molar-refractivity contribution in [2.45, 2.75) is 6.54 Å². The topological polar surface area (TPSA) is 79.5 Å².